The number of amides is 1. The van der Waals surface area contributed by atoms with Crippen molar-refractivity contribution in [1.29, 1.82) is 0 Å². The van der Waals surface area contributed by atoms with Crippen molar-refractivity contribution in [1.82, 2.24) is 5.32 Å². The molecule has 0 saturated carbocycles. The summed E-state index contributed by atoms with van der Waals surface area (Å²) in [5, 5.41) is 13.4. The van der Waals surface area contributed by atoms with Crippen LogP contribution in [0.15, 0.2) is 18.2 Å². The van der Waals surface area contributed by atoms with E-state index in [4.69, 9.17) is 11.6 Å². The van der Waals surface area contributed by atoms with Gasteiger partial charge in [-0.15, -0.1) is 11.6 Å². The van der Waals surface area contributed by atoms with Crippen molar-refractivity contribution in [2.45, 2.75) is 26.3 Å². The number of carbonyl (C=O) groups is 1. The van der Waals surface area contributed by atoms with Crippen molar-refractivity contribution in [3.63, 3.8) is 0 Å². The highest BCUT2D eigenvalue weighted by atomic mass is 35.5. The second kappa shape index (κ2) is 6.35. The molecule has 0 aromatic heterocycles. The van der Waals surface area contributed by atoms with Crippen LogP contribution in [0, 0.1) is 17.0 Å². The monoisotopic (exact) mass is 270 g/mol. The number of rotatable bonds is 5. The normalized spacial score (nSPS) is 11.9. The van der Waals surface area contributed by atoms with Crippen molar-refractivity contribution < 1.29 is 9.72 Å². The highest BCUT2D eigenvalue weighted by molar-refractivity contribution is 6.17. The molecule has 1 rings (SSSR count). The number of halogens is 1. The molecule has 1 aromatic rings. The van der Waals surface area contributed by atoms with Gasteiger partial charge in [0.05, 0.1) is 4.92 Å². The van der Waals surface area contributed by atoms with Crippen LogP contribution < -0.4 is 5.32 Å². The molecule has 0 spiro atoms. The summed E-state index contributed by atoms with van der Waals surface area (Å²) < 4.78 is 0. The summed E-state index contributed by atoms with van der Waals surface area (Å²) in [5.41, 5.74) is 1.01. The number of carbonyl (C=O) groups excluding carboxylic acids is 1. The predicted octanol–water partition coefficient (Wildman–Crippen LogP) is 2.65. The summed E-state index contributed by atoms with van der Waals surface area (Å²) in [7, 11) is 0. The second-order valence-electron chi connectivity index (χ2n) is 4.11. The fourth-order valence-corrected chi connectivity index (χ4v) is 1.88. The van der Waals surface area contributed by atoms with Gasteiger partial charge in [0, 0.05) is 29.6 Å². The SMILES string of the molecule is Cc1cc([N+](=O)[O-])ccc1C(=O)NC(C)CCCl. The zero-order valence-corrected chi connectivity index (χ0v) is 11.0. The minimum absolute atomic E-state index is 0.0159. The molecule has 0 aliphatic heterocycles. The van der Waals surface area contributed by atoms with Gasteiger partial charge in [0.1, 0.15) is 0 Å². The van der Waals surface area contributed by atoms with E-state index in [9.17, 15) is 14.9 Å². The van der Waals surface area contributed by atoms with Gasteiger partial charge >= 0.3 is 0 Å². The first kappa shape index (κ1) is 14.4. The van der Waals surface area contributed by atoms with E-state index in [-0.39, 0.29) is 17.6 Å². The van der Waals surface area contributed by atoms with E-state index in [0.717, 1.165) is 0 Å². The molecule has 5 nitrogen and oxygen atoms in total. The molecule has 0 aliphatic rings. The molecule has 0 heterocycles. The van der Waals surface area contributed by atoms with Gasteiger partial charge in [0.15, 0.2) is 0 Å². The van der Waals surface area contributed by atoms with Crippen molar-refractivity contribution in [3.05, 3.63) is 39.4 Å². The predicted molar refractivity (Wildman–Crippen MR) is 70.1 cm³/mol. The molecule has 0 saturated heterocycles. The third kappa shape index (κ3) is 3.70. The van der Waals surface area contributed by atoms with E-state index in [1.165, 1.54) is 18.2 Å². The topological polar surface area (TPSA) is 72.2 Å². The van der Waals surface area contributed by atoms with E-state index in [0.29, 0.717) is 23.4 Å². The molecule has 6 heteroatoms. The summed E-state index contributed by atoms with van der Waals surface area (Å²) in [6, 6.07) is 4.16. The lowest BCUT2D eigenvalue weighted by Gasteiger charge is -2.13. The summed E-state index contributed by atoms with van der Waals surface area (Å²) >= 11 is 5.59. The average Bonchev–Trinajstić information content (AvgIpc) is 2.28. The molecule has 1 N–H and O–H groups in total. The summed E-state index contributed by atoms with van der Waals surface area (Å²) in [6.45, 7) is 3.54. The summed E-state index contributed by atoms with van der Waals surface area (Å²) in [5.74, 6) is 0.237. The number of alkyl halides is 1. The standard InChI is InChI=1S/C12H15ClN2O3/c1-8-7-10(15(17)18)3-4-11(8)12(16)14-9(2)5-6-13/h3-4,7,9H,5-6H2,1-2H3,(H,14,16). The van der Waals surface area contributed by atoms with Gasteiger partial charge in [0.25, 0.3) is 11.6 Å². The zero-order valence-electron chi connectivity index (χ0n) is 10.3. The molecule has 18 heavy (non-hydrogen) atoms. The fraction of sp³-hybridized carbons (Fsp3) is 0.417. The first-order valence-electron chi connectivity index (χ1n) is 5.57. The van der Waals surface area contributed by atoms with E-state index in [2.05, 4.69) is 5.32 Å². The molecule has 1 amide bonds. The van der Waals surface area contributed by atoms with E-state index in [1.54, 1.807) is 6.92 Å². The van der Waals surface area contributed by atoms with E-state index >= 15 is 0 Å². The van der Waals surface area contributed by atoms with Gasteiger partial charge in [-0.2, -0.15) is 0 Å². The lowest BCUT2D eigenvalue weighted by Crippen LogP contribution is -2.33. The molecular weight excluding hydrogens is 256 g/mol. The van der Waals surface area contributed by atoms with Crippen LogP contribution in [-0.2, 0) is 0 Å². The van der Waals surface area contributed by atoms with Crippen molar-refractivity contribution >= 4 is 23.2 Å². The maximum Gasteiger partial charge on any atom is 0.269 e. The molecule has 1 unspecified atom stereocenters. The molecule has 0 bridgehead atoms. The number of non-ortho nitro benzene ring substituents is 1. The highest BCUT2D eigenvalue weighted by Crippen LogP contribution is 2.17. The Morgan fingerprint density at radius 3 is 2.72 bits per heavy atom. The number of nitro groups is 1. The van der Waals surface area contributed by atoms with Gasteiger partial charge < -0.3 is 5.32 Å². The number of aryl methyl sites for hydroxylation is 1. The van der Waals surface area contributed by atoms with E-state index in [1.807, 2.05) is 6.92 Å². The van der Waals surface area contributed by atoms with Crippen LogP contribution in [0.3, 0.4) is 0 Å². The third-order valence-electron chi connectivity index (χ3n) is 2.59. The minimum Gasteiger partial charge on any atom is -0.350 e. The largest absolute Gasteiger partial charge is 0.350 e. The third-order valence-corrected chi connectivity index (χ3v) is 2.80. The highest BCUT2D eigenvalue weighted by Gasteiger charge is 2.14. The van der Waals surface area contributed by atoms with Gasteiger partial charge in [0.2, 0.25) is 0 Å². The van der Waals surface area contributed by atoms with Gasteiger partial charge in [-0.3, -0.25) is 14.9 Å². The molecular formula is C12H15ClN2O3. The van der Waals surface area contributed by atoms with Crippen LogP contribution in [0.5, 0.6) is 0 Å². The van der Waals surface area contributed by atoms with Crippen LogP contribution in [0.2, 0.25) is 0 Å². The summed E-state index contributed by atoms with van der Waals surface area (Å²) in [6.07, 6.45) is 0.680. The molecule has 0 fully saturated rings. The quantitative estimate of drug-likeness (QED) is 0.508. The number of hydrogen-bond donors (Lipinski definition) is 1. The Balaban J connectivity index is 2.84. The maximum atomic E-state index is 11.9. The number of benzene rings is 1. The Kier molecular flexibility index (Phi) is 5.09. The Hall–Kier alpha value is -1.62. The van der Waals surface area contributed by atoms with Crippen LogP contribution in [-0.4, -0.2) is 22.8 Å². The molecule has 1 aromatic carbocycles. The average molecular weight is 271 g/mol. The van der Waals surface area contributed by atoms with Crippen LogP contribution >= 0.6 is 11.6 Å². The fourth-order valence-electron chi connectivity index (χ4n) is 1.55. The van der Waals surface area contributed by atoms with E-state index < -0.39 is 4.92 Å². The zero-order chi connectivity index (χ0) is 13.7. The Morgan fingerprint density at radius 1 is 1.56 bits per heavy atom. The van der Waals surface area contributed by atoms with Crippen molar-refractivity contribution in [2.75, 3.05) is 5.88 Å². The number of nitro benzene ring substituents is 1. The number of nitrogens with one attached hydrogen (secondary N) is 1. The Bertz CT molecular complexity index is 463. The number of hydrogen-bond acceptors (Lipinski definition) is 3. The Morgan fingerprint density at radius 2 is 2.22 bits per heavy atom. The lowest BCUT2D eigenvalue weighted by molar-refractivity contribution is -0.384. The lowest BCUT2D eigenvalue weighted by atomic mass is 10.1. The first-order chi connectivity index (χ1) is 8.45. The van der Waals surface area contributed by atoms with Crippen LogP contribution in [0.4, 0.5) is 5.69 Å². The number of nitrogens with zero attached hydrogens (tertiary/aromatic N) is 1. The smallest absolute Gasteiger partial charge is 0.269 e. The molecule has 1 atom stereocenters. The van der Waals surface area contributed by atoms with Crippen LogP contribution in [0.1, 0.15) is 29.3 Å². The minimum atomic E-state index is -0.481. The van der Waals surface area contributed by atoms with Crippen molar-refractivity contribution in [3.8, 4) is 0 Å². The van der Waals surface area contributed by atoms with Crippen LogP contribution in [0.25, 0.3) is 0 Å². The molecule has 98 valence electrons. The summed E-state index contributed by atoms with van der Waals surface area (Å²) in [4.78, 5) is 22.0. The van der Waals surface area contributed by atoms with Crippen molar-refractivity contribution in [2.24, 2.45) is 0 Å². The van der Waals surface area contributed by atoms with Gasteiger partial charge in [-0.05, 0) is 31.9 Å². The molecule has 0 aliphatic carbocycles. The maximum absolute atomic E-state index is 11.9. The molecule has 0 radical (unpaired) electrons. The second-order valence-corrected chi connectivity index (χ2v) is 4.49. The van der Waals surface area contributed by atoms with Gasteiger partial charge in [-0.25, -0.2) is 0 Å². The van der Waals surface area contributed by atoms with Gasteiger partial charge in [-0.1, -0.05) is 0 Å². The first-order valence-corrected chi connectivity index (χ1v) is 6.11. The Labute approximate surface area is 110 Å².